The monoisotopic (exact) mass is 318 g/mol. The van der Waals surface area contributed by atoms with Crippen LogP contribution in [0.5, 0.6) is 5.75 Å². The molecule has 4 nitrogen and oxygen atoms in total. The fourth-order valence-corrected chi connectivity index (χ4v) is 3.08. The summed E-state index contributed by atoms with van der Waals surface area (Å²) in [4.78, 5) is 15.1. The highest BCUT2D eigenvalue weighted by Crippen LogP contribution is 2.31. The standard InChI is InChI=1S/C19H30N2O2/c1-5-10-21(11-6-2)14(4)19(22)15-8-9-18-17(12-15)20-13-16(7-3)23-18/h8-9,12,14,16,20H,5-7,10-11,13H2,1-4H3. The van der Waals surface area contributed by atoms with Crippen molar-refractivity contribution in [3.05, 3.63) is 23.8 Å². The predicted molar refractivity (Wildman–Crippen MR) is 95.6 cm³/mol. The summed E-state index contributed by atoms with van der Waals surface area (Å²) in [6.07, 6.45) is 3.32. The van der Waals surface area contributed by atoms with Crippen LogP contribution < -0.4 is 10.1 Å². The molecule has 2 rings (SSSR count). The predicted octanol–water partition coefficient (Wildman–Crippen LogP) is 3.96. The maximum Gasteiger partial charge on any atom is 0.179 e. The van der Waals surface area contributed by atoms with E-state index in [1.165, 1.54) is 0 Å². The summed E-state index contributed by atoms with van der Waals surface area (Å²) < 4.78 is 5.92. The number of benzene rings is 1. The van der Waals surface area contributed by atoms with Gasteiger partial charge in [0.25, 0.3) is 0 Å². The fraction of sp³-hybridized carbons (Fsp3) is 0.632. The molecule has 0 aromatic heterocycles. The summed E-state index contributed by atoms with van der Waals surface area (Å²) in [6, 6.07) is 5.68. The van der Waals surface area contributed by atoms with Crippen molar-refractivity contribution in [1.82, 2.24) is 4.90 Å². The number of hydrogen-bond acceptors (Lipinski definition) is 4. The molecule has 0 aliphatic carbocycles. The molecule has 0 fully saturated rings. The maximum atomic E-state index is 12.8. The topological polar surface area (TPSA) is 41.6 Å². The first kappa shape index (κ1) is 17.8. The average Bonchev–Trinajstić information content (AvgIpc) is 2.59. The SMILES string of the molecule is CCCN(CCC)C(C)C(=O)c1ccc2c(c1)NCC(CC)O2. The van der Waals surface area contributed by atoms with Crippen molar-refractivity contribution < 1.29 is 9.53 Å². The maximum absolute atomic E-state index is 12.8. The van der Waals surface area contributed by atoms with Crippen LogP contribution in [0.3, 0.4) is 0 Å². The van der Waals surface area contributed by atoms with E-state index in [9.17, 15) is 4.79 Å². The number of anilines is 1. The van der Waals surface area contributed by atoms with Crippen molar-refractivity contribution in [2.75, 3.05) is 25.0 Å². The Kier molecular flexibility index (Phi) is 6.46. The van der Waals surface area contributed by atoms with Crippen molar-refractivity contribution in [3.8, 4) is 5.75 Å². The molecular formula is C19H30N2O2. The van der Waals surface area contributed by atoms with E-state index in [1.807, 2.05) is 25.1 Å². The minimum absolute atomic E-state index is 0.0825. The van der Waals surface area contributed by atoms with Crippen molar-refractivity contribution in [2.24, 2.45) is 0 Å². The van der Waals surface area contributed by atoms with Crippen molar-refractivity contribution >= 4 is 11.5 Å². The largest absolute Gasteiger partial charge is 0.486 e. The van der Waals surface area contributed by atoms with Crippen LogP contribution in [0.25, 0.3) is 0 Å². The lowest BCUT2D eigenvalue weighted by Gasteiger charge is -2.29. The third-order valence-electron chi connectivity index (χ3n) is 4.48. The highest BCUT2D eigenvalue weighted by Gasteiger charge is 2.24. The molecule has 0 saturated carbocycles. The molecule has 1 aliphatic heterocycles. The van der Waals surface area contributed by atoms with Gasteiger partial charge in [-0.05, 0) is 57.5 Å². The molecule has 2 atom stereocenters. The number of rotatable bonds is 8. The second kappa shape index (κ2) is 8.34. The molecule has 0 saturated heterocycles. The van der Waals surface area contributed by atoms with Crippen molar-refractivity contribution in [3.63, 3.8) is 0 Å². The molecule has 1 aromatic carbocycles. The fourth-order valence-electron chi connectivity index (χ4n) is 3.08. The Morgan fingerprint density at radius 2 is 2.00 bits per heavy atom. The quantitative estimate of drug-likeness (QED) is 0.737. The number of ether oxygens (including phenoxy) is 1. The summed E-state index contributed by atoms with van der Waals surface area (Å²) in [5, 5.41) is 3.39. The van der Waals surface area contributed by atoms with E-state index in [1.54, 1.807) is 0 Å². The molecule has 2 unspecified atom stereocenters. The van der Waals surface area contributed by atoms with Gasteiger partial charge in [0.1, 0.15) is 11.9 Å². The number of fused-ring (bicyclic) bond motifs is 1. The van der Waals surface area contributed by atoms with Gasteiger partial charge in [-0.25, -0.2) is 0 Å². The van der Waals surface area contributed by atoms with Gasteiger partial charge in [0.05, 0.1) is 18.3 Å². The van der Waals surface area contributed by atoms with E-state index < -0.39 is 0 Å². The highest BCUT2D eigenvalue weighted by atomic mass is 16.5. The van der Waals surface area contributed by atoms with Gasteiger partial charge >= 0.3 is 0 Å². The third kappa shape index (κ3) is 4.25. The van der Waals surface area contributed by atoms with E-state index in [4.69, 9.17) is 4.74 Å². The summed E-state index contributed by atoms with van der Waals surface area (Å²) >= 11 is 0. The molecule has 0 radical (unpaired) electrons. The van der Waals surface area contributed by atoms with Crippen LogP contribution in [-0.4, -0.2) is 42.5 Å². The van der Waals surface area contributed by atoms with Crippen molar-refractivity contribution in [1.29, 1.82) is 0 Å². The Morgan fingerprint density at radius 3 is 2.61 bits per heavy atom. The van der Waals surface area contributed by atoms with E-state index in [2.05, 4.69) is 31.0 Å². The Hall–Kier alpha value is -1.55. The Balaban J connectivity index is 2.13. The minimum atomic E-state index is -0.0825. The first-order chi connectivity index (χ1) is 11.1. The smallest absolute Gasteiger partial charge is 0.179 e. The summed E-state index contributed by atoms with van der Waals surface area (Å²) in [7, 11) is 0. The second-order valence-corrected chi connectivity index (χ2v) is 6.32. The van der Waals surface area contributed by atoms with E-state index in [0.717, 1.165) is 55.9 Å². The minimum Gasteiger partial charge on any atom is -0.486 e. The molecule has 0 spiro atoms. The van der Waals surface area contributed by atoms with Crippen LogP contribution in [0.2, 0.25) is 0 Å². The van der Waals surface area contributed by atoms with Gasteiger partial charge in [-0.1, -0.05) is 20.8 Å². The summed E-state index contributed by atoms with van der Waals surface area (Å²) in [5.41, 5.74) is 1.70. The first-order valence-electron chi connectivity index (χ1n) is 8.93. The Bertz CT molecular complexity index is 524. The molecule has 1 aromatic rings. The summed E-state index contributed by atoms with van der Waals surface area (Å²) in [6.45, 7) is 11.2. The van der Waals surface area contributed by atoms with E-state index in [0.29, 0.717) is 0 Å². The van der Waals surface area contributed by atoms with Gasteiger partial charge in [-0.2, -0.15) is 0 Å². The average molecular weight is 318 g/mol. The lowest BCUT2D eigenvalue weighted by Crippen LogP contribution is -2.40. The molecule has 128 valence electrons. The number of nitrogens with zero attached hydrogens (tertiary/aromatic N) is 1. The zero-order valence-corrected chi connectivity index (χ0v) is 14.9. The van der Waals surface area contributed by atoms with Crippen LogP contribution in [0, 0.1) is 0 Å². The van der Waals surface area contributed by atoms with Crippen LogP contribution in [0.15, 0.2) is 18.2 Å². The molecule has 0 bridgehead atoms. The molecule has 0 amide bonds. The van der Waals surface area contributed by atoms with Crippen LogP contribution in [-0.2, 0) is 0 Å². The van der Waals surface area contributed by atoms with Gasteiger partial charge < -0.3 is 10.1 Å². The van der Waals surface area contributed by atoms with Gasteiger partial charge in [-0.15, -0.1) is 0 Å². The zero-order valence-electron chi connectivity index (χ0n) is 14.9. The van der Waals surface area contributed by atoms with Gasteiger partial charge in [0.2, 0.25) is 0 Å². The number of carbonyl (C=O) groups is 1. The molecule has 1 N–H and O–H groups in total. The number of hydrogen-bond donors (Lipinski definition) is 1. The van der Waals surface area contributed by atoms with Crippen LogP contribution in [0.1, 0.15) is 57.3 Å². The second-order valence-electron chi connectivity index (χ2n) is 6.32. The lowest BCUT2D eigenvalue weighted by molar-refractivity contribution is 0.0838. The number of carbonyl (C=O) groups excluding carboxylic acids is 1. The van der Waals surface area contributed by atoms with Crippen LogP contribution >= 0.6 is 0 Å². The molecule has 4 heteroatoms. The first-order valence-corrected chi connectivity index (χ1v) is 8.93. The van der Waals surface area contributed by atoms with Crippen molar-refractivity contribution in [2.45, 2.75) is 59.1 Å². The number of ketones is 1. The molecule has 1 aliphatic rings. The number of Topliss-reactive ketones (excluding diaryl/α,β-unsaturated/α-hetero) is 1. The highest BCUT2D eigenvalue weighted by molar-refractivity contribution is 6.01. The Morgan fingerprint density at radius 1 is 1.30 bits per heavy atom. The lowest BCUT2D eigenvalue weighted by atomic mass is 10.0. The Labute approximate surface area is 140 Å². The molecule has 23 heavy (non-hydrogen) atoms. The van der Waals surface area contributed by atoms with E-state index in [-0.39, 0.29) is 17.9 Å². The number of nitrogens with one attached hydrogen (secondary N) is 1. The van der Waals surface area contributed by atoms with Crippen LogP contribution in [0.4, 0.5) is 5.69 Å². The molecule has 1 heterocycles. The van der Waals surface area contributed by atoms with E-state index >= 15 is 0 Å². The normalized spacial score (nSPS) is 18.0. The van der Waals surface area contributed by atoms with Gasteiger partial charge in [0.15, 0.2) is 5.78 Å². The molecular weight excluding hydrogens is 288 g/mol. The van der Waals surface area contributed by atoms with Gasteiger partial charge in [0, 0.05) is 5.56 Å². The van der Waals surface area contributed by atoms with Gasteiger partial charge in [-0.3, -0.25) is 9.69 Å². The summed E-state index contributed by atoms with van der Waals surface area (Å²) in [5.74, 6) is 1.04. The third-order valence-corrected chi connectivity index (χ3v) is 4.48. The zero-order chi connectivity index (χ0) is 16.8.